The van der Waals surface area contributed by atoms with Crippen LogP contribution in [0, 0.1) is 6.92 Å². The fraction of sp³-hybridized carbons (Fsp3) is 0.286. The fourth-order valence-corrected chi connectivity index (χ4v) is 3.49. The van der Waals surface area contributed by atoms with E-state index in [0.29, 0.717) is 12.0 Å². The first-order valence-corrected chi connectivity index (χ1v) is 9.64. The van der Waals surface area contributed by atoms with Crippen molar-refractivity contribution in [1.82, 2.24) is 15.0 Å². The van der Waals surface area contributed by atoms with Crippen molar-refractivity contribution in [2.75, 3.05) is 10.6 Å². The molecule has 2 N–H and O–H groups in total. The molecule has 0 amide bonds. The smallest absolute Gasteiger partial charge is 0.225 e. The number of halogens is 1. The molecule has 1 aliphatic carbocycles. The molecule has 1 saturated carbocycles. The summed E-state index contributed by atoms with van der Waals surface area (Å²) in [6.07, 6.45) is 8.41. The standard InChI is InChI=1S/C21H22ClN5/c1-14-12-17(6-7-18(14)22)24-20-13-19(15-8-10-23-11-9-15)26-21(27-20)25-16-4-2-3-5-16/h6-13,16H,2-5H2,1H3,(H2,24,25,26,27). The average Bonchev–Trinajstić information content (AvgIpc) is 3.18. The van der Waals surface area contributed by atoms with E-state index in [1.807, 2.05) is 43.3 Å². The van der Waals surface area contributed by atoms with E-state index in [2.05, 4.69) is 20.6 Å². The third kappa shape index (κ3) is 4.37. The largest absolute Gasteiger partial charge is 0.351 e. The van der Waals surface area contributed by atoms with Crippen molar-refractivity contribution in [3.63, 3.8) is 0 Å². The highest BCUT2D eigenvalue weighted by Crippen LogP contribution is 2.27. The van der Waals surface area contributed by atoms with Crippen molar-refractivity contribution in [3.8, 4) is 11.3 Å². The molecule has 1 aromatic carbocycles. The summed E-state index contributed by atoms with van der Waals surface area (Å²) >= 11 is 6.14. The molecule has 0 saturated heterocycles. The highest BCUT2D eigenvalue weighted by Gasteiger charge is 2.17. The van der Waals surface area contributed by atoms with Crippen LogP contribution < -0.4 is 10.6 Å². The second kappa shape index (κ2) is 7.92. The van der Waals surface area contributed by atoms with Gasteiger partial charge in [0.05, 0.1) is 5.69 Å². The number of pyridine rings is 1. The topological polar surface area (TPSA) is 62.7 Å². The maximum absolute atomic E-state index is 6.14. The lowest BCUT2D eigenvalue weighted by Gasteiger charge is -2.15. The van der Waals surface area contributed by atoms with Gasteiger partial charge in [-0.3, -0.25) is 4.98 Å². The summed E-state index contributed by atoms with van der Waals surface area (Å²) in [6, 6.07) is 12.2. The minimum atomic E-state index is 0.448. The summed E-state index contributed by atoms with van der Waals surface area (Å²) < 4.78 is 0. The van der Waals surface area contributed by atoms with Gasteiger partial charge < -0.3 is 10.6 Å². The third-order valence-corrected chi connectivity index (χ3v) is 5.25. The maximum Gasteiger partial charge on any atom is 0.225 e. The monoisotopic (exact) mass is 379 g/mol. The Balaban J connectivity index is 1.67. The van der Waals surface area contributed by atoms with Gasteiger partial charge in [-0.2, -0.15) is 4.98 Å². The molecule has 138 valence electrons. The lowest BCUT2D eigenvalue weighted by Crippen LogP contribution is -2.17. The third-order valence-electron chi connectivity index (χ3n) is 4.82. The zero-order valence-corrected chi connectivity index (χ0v) is 16.0. The van der Waals surface area contributed by atoms with Crippen molar-refractivity contribution in [3.05, 3.63) is 59.4 Å². The van der Waals surface area contributed by atoms with Crippen molar-refractivity contribution < 1.29 is 0 Å². The number of nitrogens with zero attached hydrogens (tertiary/aromatic N) is 3. The minimum Gasteiger partial charge on any atom is -0.351 e. The Kier molecular flexibility index (Phi) is 5.21. The van der Waals surface area contributed by atoms with Gasteiger partial charge in [0.2, 0.25) is 5.95 Å². The van der Waals surface area contributed by atoms with Crippen LogP contribution in [0.5, 0.6) is 0 Å². The van der Waals surface area contributed by atoms with Crippen LogP contribution in [0.1, 0.15) is 31.2 Å². The van der Waals surface area contributed by atoms with Gasteiger partial charge in [-0.15, -0.1) is 0 Å². The van der Waals surface area contributed by atoms with Crippen molar-refractivity contribution >= 4 is 29.1 Å². The maximum atomic E-state index is 6.14. The second-order valence-corrected chi connectivity index (χ2v) is 7.32. The molecule has 4 rings (SSSR count). The van der Waals surface area contributed by atoms with Crippen LogP contribution in [0.2, 0.25) is 5.02 Å². The molecule has 2 heterocycles. The Morgan fingerprint density at radius 2 is 1.78 bits per heavy atom. The van der Waals surface area contributed by atoms with Crippen LogP contribution in [0.4, 0.5) is 17.5 Å². The predicted octanol–water partition coefficient (Wildman–Crippen LogP) is 5.60. The van der Waals surface area contributed by atoms with Gasteiger partial charge in [-0.1, -0.05) is 24.4 Å². The van der Waals surface area contributed by atoms with Gasteiger partial charge in [-0.05, 0) is 55.7 Å². The molecule has 1 aliphatic rings. The normalized spacial score (nSPS) is 14.3. The van der Waals surface area contributed by atoms with Crippen LogP contribution in [-0.2, 0) is 0 Å². The van der Waals surface area contributed by atoms with E-state index < -0.39 is 0 Å². The molecule has 27 heavy (non-hydrogen) atoms. The summed E-state index contributed by atoms with van der Waals surface area (Å²) in [7, 11) is 0. The molecule has 0 radical (unpaired) electrons. The van der Waals surface area contributed by atoms with Gasteiger partial charge in [0.25, 0.3) is 0 Å². The first kappa shape index (κ1) is 17.7. The van der Waals surface area contributed by atoms with E-state index >= 15 is 0 Å². The first-order chi connectivity index (χ1) is 13.2. The first-order valence-electron chi connectivity index (χ1n) is 9.26. The quantitative estimate of drug-likeness (QED) is 0.604. The van der Waals surface area contributed by atoms with Gasteiger partial charge in [0, 0.05) is 40.8 Å². The molecule has 2 aromatic heterocycles. The number of hydrogen-bond acceptors (Lipinski definition) is 5. The SMILES string of the molecule is Cc1cc(Nc2cc(-c3ccncc3)nc(NC3CCCC3)n2)ccc1Cl. The Labute approximate surface area is 164 Å². The van der Waals surface area contributed by atoms with E-state index in [-0.39, 0.29) is 0 Å². The fourth-order valence-electron chi connectivity index (χ4n) is 3.37. The number of aromatic nitrogens is 3. The lowest BCUT2D eigenvalue weighted by molar-refractivity contribution is 0.744. The second-order valence-electron chi connectivity index (χ2n) is 6.91. The van der Waals surface area contributed by atoms with Crippen LogP contribution in [0.15, 0.2) is 48.8 Å². The summed E-state index contributed by atoms with van der Waals surface area (Å²) in [6.45, 7) is 1.99. The van der Waals surface area contributed by atoms with Gasteiger partial charge >= 0.3 is 0 Å². The summed E-state index contributed by atoms with van der Waals surface area (Å²) in [5, 5.41) is 7.63. The average molecular weight is 380 g/mol. The zero-order chi connectivity index (χ0) is 18.6. The Morgan fingerprint density at radius 3 is 2.52 bits per heavy atom. The molecule has 0 bridgehead atoms. The van der Waals surface area contributed by atoms with Crippen LogP contribution in [0.3, 0.4) is 0 Å². The number of rotatable bonds is 5. The van der Waals surface area contributed by atoms with Crippen LogP contribution in [0.25, 0.3) is 11.3 Å². The number of aryl methyl sites for hydroxylation is 1. The van der Waals surface area contributed by atoms with Crippen molar-refractivity contribution in [2.45, 2.75) is 38.6 Å². The van der Waals surface area contributed by atoms with Gasteiger partial charge in [0.15, 0.2) is 0 Å². The summed E-state index contributed by atoms with van der Waals surface area (Å²) in [5.74, 6) is 1.41. The highest BCUT2D eigenvalue weighted by molar-refractivity contribution is 6.31. The molecule has 0 aliphatic heterocycles. The molecule has 0 atom stereocenters. The number of anilines is 3. The van der Waals surface area contributed by atoms with Gasteiger partial charge in [-0.25, -0.2) is 4.98 Å². The number of hydrogen-bond donors (Lipinski definition) is 2. The zero-order valence-electron chi connectivity index (χ0n) is 15.2. The molecule has 0 unspecified atom stereocenters. The lowest BCUT2D eigenvalue weighted by atomic mass is 10.2. The number of benzene rings is 1. The van der Waals surface area contributed by atoms with E-state index in [4.69, 9.17) is 16.6 Å². The van der Waals surface area contributed by atoms with E-state index in [1.54, 1.807) is 12.4 Å². The molecule has 5 nitrogen and oxygen atoms in total. The summed E-state index contributed by atoms with van der Waals surface area (Å²) in [4.78, 5) is 13.5. The number of nitrogens with one attached hydrogen (secondary N) is 2. The van der Waals surface area contributed by atoms with Crippen molar-refractivity contribution in [1.29, 1.82) is 0 Å². The van der Waals surface area contributed by atoms with Crippen LogP contribution in [-0.4, -0.2) is 21.0 Å². The predicted molar refractivity (Wildman–Crippen MR) is 111 cm³/mol. The Bertz CT molecular complexity index is 923. The molecular formula is C21H22ClN5. The Hall–Kier alpha value is -2.66. The summed E-state index contributed by atoms with van der Waals surface area (Å²) in [5.41, 5.74) is 3.84. The molecule has 3 aromatic rings. The van der Waals surface area contributed by atoms with E-state index in [0.717, 1.165) is 33.3 Å². The molecule has 6 heteroatoms. The molecule has 1 fully saturated rings. The Morgan fingerprint density at radius 1 is 1.00 bits per heavy atom. The minimum absolute atomic E-state index is 0.448. The van der Waals surface area contributed by atoms with E-state index in [9.17, 15) is 0 Å². The van der Waals surface area contributed by atoms with Crippen molar-refractivity contribution in [2.24, 2.45) is 0 Å². The highest BCUT2D eigenvalue weighted by atomic mass is 35.5. The van der Waals surface area contributed by atoms with Crippen LogP contribution >= 0.6 is 11.6 Å². The molecule has 0 spiro atoms. The van der Waals surface area contributed by atoms with Gasteiger partial charge in [0.1, 0.15) is 5.82 Å². The van der Waals surface area contributed by atoms with E-state index in [1.165, 1.54) is 25.7 Å². The molecular weight excluding hydrogens is 358 g/mol.